The zero-order chi connectivity index (χ0) is 10.8. The molecule has 0 N–H and O–H groups in total. The Morgan fingerprint density at radius 1 is 1.00 bits per heavy atom. The summed E-state index contributed by atoms with van der Waals surface area (Å²) < 4.78 is 10.4. The van der Waals surface area contributed by atoms with Gasteiger partial charge in [0.25, 0.3) is 0 Å². The fourth-order valence-corrected chi connectivity index (χ4v) is 1.59. The lowest BCUT2D eigenvalue weighted by molar-refractivity contribution is 0.00638. The zero-order valence-corrected chi connectivity index (χ0v) is 9.76. The molecular formula is C13H22O2. The lowest BCUT2D eigenvalue weighted by atomic mass is 10.1. The molecule has 0 spiro atoms. The third kappa shape index (κ3) is 6.54. The molecule has 0 unspecified atom stereocenters. The van der Waals surface area contributed by atoms with Crippen LogP contribution >= 0.6 is 0 Å². The fourth-order valence-electron chi connectivity index (χ4n) is 1.59. The molecule has 0 aromatic carbocycles. The first kappa shape index (κ1) is 12.5. The average molecular weight is 210 g/mol. The fraction of sp³-hybridized carbons (Fsp3) is 0.846. The highest BCUT2D eigenvalue weighted by molar-refractivity contribution is 5.02. The molecule has 0 amide bonds. The van der Waals surface area contributed by atoms with Crippen LogP contribution in [0.2, 0.25) is 0 Å². The van der Waals surface area contributed by atoms with Crippen LogP contribution < -0.4 is 0 Å². The minimum Gasteiger partial charge on any atom is -0.340 e. The summed E-state index contributed by atoms with van der Waals surface area (Å²) in [4.78, 5) is 0. The van der Waals surface area contributed by atoms with Crippen LogP contribution in [0.4, 0.5) is 0 Å². The Hall–Kier alpha value is -0.520. The van der Waals surface area contributed by atoms with E-state index >= 15 is 0 Å². The molecule has 2 nitrogen and oxygen atoms in total. The van der Waals surface area contributed by atoms with E-state index in [9.17, 15) is 0 Å². The molecule has 0 bridgehead atoms. The average Bonchev–Trinajstić information content (AvgIpc) is 2.75. The van der Waals surface area contributed by atoms with E-state index in [4.69, 9.17) is 9.47 Å². The molecule has 2 heteroatoms. The van der Waals surface area contributed by atoms with E-state index in [1.807, 2.05) is 0 Å². The lowest BCUT2D eigenvalue weighted by Gasteiger charge is -1.98. The Labute approximate surface area is 93.3 Å². The molecule has 0 aromatic rings. The normalized spacial score (nSPS) is 16.3. The van der Waals surface area contributed by atoms with Gasteiger partial charge in [0.1, 0.15) is 0 Å². The van der Waals surface area contributed by atoms with Crippen LogP contribution in [-0.4, -0.2) is 19.5 Å². The molecule has 0 radical (unpaired) electrons. The highest BCUT2D eigenvalue weighted by Gasteiger charge is 2.11. The van der Waals surface area contributed by atoms with Crippen molar-refractivity contribution in [2.45, 2.75) is 58.2 Å². The second-order valence-corrected chi connectivity index (χ2v) is 3.91. The molecule has 1 rings (SSSR count). The van der Waals surface area contributed by atoms with Gasteiger partial charge in [-0.05, 0) is 12.3 Å². The lowest BCUT2D eigenvalue weighted by Crippen LogP contribution is -2.02. The molecule has 15 heavy (non-hydrogen) atoms. The van der Waals surface area contributed by atoms with Gasteiger partial charge in [0.15, 0.2) is 0 Å². The van der Waals surface area contributed by atoms with Crippen molar-refractivity contribution >= 4 is 0 Å². The maximum atomic E-state index is 5.22. The molecule has 0 saturated carbocycles. The zero-order valence-electron chi connectivity index (χ0n) is 9.76. The number of hydrogen-bond acceptors (Lipinski definition) is 2. The minimum atomic E-state index is -0.245. The molecule has 1 aliphatic rings. The molecule has 86 valence electrons. The van der Waals surface area contributed by atoms with E-state index in [0.717, 1.165) is 6.42 Å². The first-order valence-corrected chi connectivity index (χ1v) is 6.15. The van der Waals surface area contributed by atoms with Gasteiger partial charge in [0.05, 0.1) is 13.2 Å². The largest absolute Gasteiger partial charge is 0.340 e. The molecule has 0 atom stereocenters. The third-order valence-electron chi connectivity index (χ3n) is 2.50. The first-order chi connectivity index (χ1) is 7.43. The van der Waals surface area contributed by atoms with Gasteiger partial charge in [-0.15, -0.1) is 0 Å². The van der Waals surface area contributed by atoms with Crippen LogP contribution in [0.1, 0.15) is 51.9 Å². The number of rotatable bonds is 6. The summed E-state index contributed by atoms with van der Waals surface area (Å²) in [5.41, 5.74) is 0. The van der Waals surface area contributed by atoms with E-state index in [2.05, 4.69) is 18.8 Å². The highest BCUT2D eigenvalue weighted by Crippen LogP contribution is 2.06. The molecule has 1 fully saturated rings. The quantitative estimate of drug-likeness (QED) is 0.495. The summed E-state index contributed by atoms with van der Waals surface area (Å²) >= 11 is 0. The first-order valence-electron chi connectivity index (χ1n) is 6.15. The monoisotopic (exact) mass is 210 g/mol. The standard InChI is InChI=1S/C13H22O2/c1-2-3-4-5-6-7-8-9-10-13-14-11-12-15-13/h13H,2-8,11-12H2,1H3. The summed E-state index contributed by atoms with van der Waals surface area (Å²) in [6.07, 6.45) is 8.67. The van der Waals surface area contributed by atoms with Crippen molar-refractivity contribution in [1.82, 2.24) is 0 Å². The van der Waals surface area contributed by atoms with Gasteiger partial charge in [-0.1, -0.05) is 44.9 Å². The van der Waals surface area contributed by atoms with Crippen LogP contribution in [0, 0.1) is 11.8 Å². The Kier molecular flexibility index (Phi) is 7.33. The SMILES string of the molecule is CCCCCCCCC#CC1OCCO1. The maximum Gasteiger partial charge on any atom is 0.222 e. The predicted molar refractivity (Wildman–Crippen MR) is 61.5 cm³/mol. The van der Waals surface area contributed by atoms with Gasteiger partial charge in [-0.2, -0.15) is 0 Å². The highest BCUT2D eigenvalue weighted by atomic mass is 16.7. The number of unbranched alkanes of at least 4 members (excludes halogenated alkanes) is 6. The van der Waals surface area contributed by atoms with Crippen molar-refractivity contribution in [3.05, 3.63) is 0 Å². The van der Waals surface area contributed by atoms with Crippen molar-refractivity contribution in [2.75, 3.05) is 13.2 Å². The van der Waals surface area contributed by atoms with Gasteiger partial charge in [0.2, 0.25) is 6.29 Å². The van der Waals surface area contributed by atoms with E-state index in [1.165, 1.54) is 38.5 Å². The molecule has 1 saturated heterocycles. The van der Waals surface area contributed by atoms with Crippen molar-refractivity contribution in [3.63, 3.8) is 0 Å². The smallest absolute Gasteiger partial charge is 0.222 e. The summed E-state index contributed by atoms with van der Waals surface area (Å²) in [6.45, 7) is 3.62. The topological polar surface area (TPSA) is 18.5 Å². The molecular weight excluding hydrogens is 188 g/mol. The summed E-state index contributed by atoms with van der Waals surface area (Å²) in [5.74, 6) is 6.11. The Bertz CT molecular complexity index is 196. The van der Waals surface area contributed by atoms with Gasteiger partial charge in [-0.25, -0.2) is 0 Å². The number of hydrogen-bond donors (Lipinski definition) is 0. The Morgan fingerprint density at radius 2 is 1.67 bits per heavy atom. The second-order valence-electron chi connectivity index (χ2n) is 3.91. The van der Waals surface area contributed by atoms with Gasteiger partial charge >= 0.3 is 0 Å². The minimum absolute atomic E-state index is 0.245. The molecule has 0 aromatic heterocycles. The van der Waals surface area contributed by atoms with Crippen molar-refractivity contribution in [1.29, 1.82) is 0 Å². The van der Waals surface area contributed by atoms with Crippen LogP contribution in [-0.2, 0) is 9.47 Å². The van der Waals surface area contributed by atoms with Crippen LogP contribution in [0.15, 0.2) is 0 Å². The Morgan fingerprint density at radius 3 is 2.40 bits per heavy atom. The van der Waals surface area contributed by atoms with E-state index in [-0.39, 0.29) is 6.29 Å². The molecule has 0 aliphatic carbocycles. The Balaban J connectivity index is 1.87. The summed E-state index contributed by atoms with van der Waals surface area (Å²) in [5, 5.41) is 0. The van der Waals surface area contributed by atoms with Crippen LogP contribution in [0.25, 0.3) is 0 Å². The van der Waals surface area contributed by atoms with Crippen molar-refractivity contribution < 1.29 is 9.47 Å². The van der Waals surface area contributed by atoms with E-state index in [0.29, 0.717) is 13.2 Å². The number of ether oxygens (including phenoxy) is 2. The third-order valence-corrected chi connectivity index (χ3v) is 2.50. The van der Waals surface area contributed by atoms with Crippen LogP contribution in [0.5, 0.6) is 0 Å². The van der Waals surface area contributed by atoms with E-state index in [1.54, 1.807) is 0 Å². The summed E-state index contributed by atoms with van der Waals surface area (Å²) in [7, 11) is 0. The van der Waals surface area contributed by atoms with Gasteiger partial charge < -0.3 is 9.47 Å². The van der Waals surface area contributed by atoms with Gasteiger partial charge in [-0.3, -0.25) is 0 Å². The van der Waals surface area contributed by atoms with Crippen molar-refractivity contribution in [3.8, 4) is 11.8 Å². The summed E-state index contributed by atoms with van der Waals surface area (Å²) in [6, 6.07) is 0. The van der Waals surface area contributed by atoms with Crippen LogP contribution in [0.3, 0.4) is 0 Å². The maximum absolute atomic E-state index is 5.22. The molecule has 1 heterocycles. The van der Waals surface area contributed by atoms with Crippen molar-refractivity contribution in [2.24, 2.45) is 0 Å². The predicted octanol–water partition coefficient (Wildman–Crippen LogP) is 3.11. The van der Waals surface area contributed by atoms with Gasteiger partial charge in [0, 0.05) is 6.42 Å². The van der Waals surface area contributed by atoms with E-state index < -0.39 is 0 Å². The molecule has 1 aliphatic heterocycles. The second kappa shape index (κ2) is 8.76.